The number of rotatable bonds is 3. The third kappa shape index (κ3) is 2.56. The van der Waals surface area contributed by atoms with E-state index in [1.165, 1.54) is 5.56 Å². The average molecular weight is 304 g/mol. The molecule has 0 saturated heterocycles. The van der Waals surface area contributed by atoms with Crippen molar-refractivity contribution in [1.82, 2.24) is 14.5 Å². The van der Waals surface area contributed by atoms with E-state index >= 15 is 0 Å². The highest BCUT2D eigenvalue weighted by Crippen LogP contribution is 2.26. The number of alkyl halides is 1. The van der Waals surface area contributed by atoms with E-state index in [0.717, 1.165) is 28.3 Å². The van der Waals surface area contributed by atoms with E-state index in [-0.39, 0.29) is 5.38 Å². The number of benzene rings is 1. The molecule has 3 rings (SSSR count). The summed E-state index contributed by atoms with van der Waals surface area (Å²) in [7, 11) is 0. The predicted octanol–water partition coefficient (Wildman–Crippen LogP) is 4.30. The van der Waals surface area contributed by atoms with Crippen LogP contribution in [0.4, 0.5) is 0 Å². The summed E-state index contributed by atoms with van der Waals surface area (Å²) in [6.07, 6.45) is 0. The van der Waals surface area contributed by atoms with E-state index in [2.05, 4.69) is 39.7 Å². The van der Waals surface area contributed by atoms with Gasteiger partial charge in [0.1, 0.15) is 18.1 Å². The number of hydrogen-bond acceptors (Lipinski definition) is 3. The van der Waals surface area contributed by atoms with Crippen molar-refractivity contribution >= 4 is 22.6 Å². The minimum absolute atomic E-state index is 0.171. The lowest BCUT2D eigenvalue weighted by Gasteiger charge is -2.08. The van der Waals surface area contributed by atoms with Gasteiger partial charge in [0.15, 0.2) is 0 Å². The molecule has 1 atom stereocenters. The highest BCUT2D eigenvalue weighted by Gasteiger charge is 2.17. The SMILES string of the molecule is Cc1ccc2c(c1)nc(C(C)Cl)n2Cc1nc(C)c(C)o1. The summed E-state index contributed by atoms with van der Waals surface area (Å²) >= 11 is 6.29. The zero-order valence-electron chi connectivity index (χ0n) is 12.6. The molecule has 0 N–H and O–H groups in total. The Hall–Kier alpha value is -1.81. The van der Waals surface area contributed by atoms with E-state index in [9.17, 15) is 0 Å². The highest BCUT2D eigenvalue weighted by atomic mass is 35.5. The van der Waals surface area contributed by atoms with Crippen LogP contribution >= 0.6 is 11.6 Å². The van der Waals surface area contributed by atoms with Crippen molar-refractivity contribution in [1.29, 1.82) is 0 Å². The van der Waals surface area contributed by atoms with Gasteiger partial charge < -0.3 is 8.98 Å². The second kappa shape index (κ2) is 5.19. The lowest BCUT2D eigenvalue weighted by Crippen LogP contribution is -2.06. The molecule has 0 bridgehead atoms. The maximum absolute atomic E-state index is 6.29. The summed E-state index contributed by atoms with van der Waals surface area (Å²) in [4.78, 5) is 9.11. The molecule has 0 radical (unpaired) electrons. The number of nitrogens with zero attached hydrogens (tertiary/aromatic N) is 3. The molecule has 1 aromatic carbocycles. The molecule has 4 nitrogen and oxygen atoms in total. The highest BCUT2D eigenvalue weighted by molar-refractivity contribution is 6.20. The van der Waals surface area contributed by atoms with Crippen molar-refractivity contribution in [2.24, 2.45) is 0 Å². The second-order valence-electron chi connectivity index (χ2n) is 5.41. The number of aromatic nitrogens is 3. The molecule has 3 aromatic rings. The lowest BCUT2D eigenvalue weighted by molar-refractivity contribution is 0.456. The fraction of sp³-hybridized carbons (Fsp3) is 0.375. The van der Waals surface area contributed by atoms with Crippen LogP contribution in [0.3, 0.4) is 0 Å². The summed E-state index contributed by atoms with van der Waals surface area (Å²) in [6, 6.07) is 6.22. The number of fused-ring (bicyclic) bond motifs is 1. The van der Waals surface area contributed by atoms with Crippen LogP contribution < -0.4 is 0 Å². The minimum Gasteiger partial charge on any atom is -0.444 e. The van der Waals surface area contributed by atoms with Crippen LogP contribution in [0.5, 0.6) is 0 Å². The van der Waals surface area contributed by atoms with Crippen LogP contribution in [-0.4, -0.2) is 14.5 Å². The third-order valence-electron chi connectivity index (χ3n) is 3.66. The Bertz CT molecular complexity index is 782. The van der Waals surface area contributed by atoms with Crippen LogP contribution in [0, 0.1) is 20.8 Å². The van der Waals surface area contributed by atoms with Crippen molar-refractivity contribution in [3.63, 3.8) is 0 Å². The maximum Gasteiger partial charge on any atom is 0.214 e. The Kier molecular flexibility index (Phi) is 3.49. The van der Waals surface area contributed by atoms with Crippen LogP contribution in [0.2, 0.25) is 0 Å². The van der Waals surface area contributed by atoms with Gasteiger partial charge in [-0.25, -0.2) is 9.97 Å². The molecule has 2 heterocycles. The molecular formula is C16H18ClN3O. The summed E-state index contributed by atoms with van der Waals surface area (Å²) in [5.41, 5.74) is 4.11. The standard InChI is InChI=1S/C16H18ClN3O/c1-9-5-6-14-13(7-9)19-16(10(2)17)20(14)8-15-18-11(3)12(4)21-15/h5-7,10H,8H2,1-4H3. The first-order valence-corrected chi connectivity index (χ1v) is 7.43. The molecule has 2 aromatic heterocycles. The predicted molar refractivity (Wildman–Crippen MR) is 83.8 cm³/mol. The Morgan fingerprint density at radius 3 is 2.62 bits per heavy atom. The number of aryl methyl sites for hydroxylation is 3. The Balaban J connectivity index is 2.12. The van der Waals surface area contributed by atoms with E-state index in [1.807, 2.05) is 20.8 Å². The van der Waals surface area contributed by atoms with Gasteiger partial charge in [0.25, 0.3) is 0 Å². The second-order valence-corrected chi connectivity index (χ2v) is 6.07. The fourth-order valence-electron chi connectivity index (χ4n) is 2.47. The average Bonchev–Trinajstić information content (AvgIpc) is 2.91. The first-order valence-electron chi connectivity index (χ1n) is 6.99. The smallest absolute Gasteiger partial charge is 0.214 e. The van der Waals surface area contributed by atoms with Crippen LogP contribution in [0.25, 0.3) is 11.0 Å². The van der Waals surface area contributed by atoms with Gasteiger partial charge in [-0.15, -0.1) is 11.6 Å². The topological polar surface area (TPSA) is 43.9 Å². The number of imidazole rings is 1. The molecule has 0 aliphatic carbocycles. The molecule has 0 saturated carbocycles. The van der Waals surface area contributed by atoms with E-state index in [4.69, 9.17) is 16.0 Å². The Morgan fingerprint density at radius 2 is 2.00 bits per heavy atom. The quantitative estimate of drug-likeness (QED) is 0.678. The van der Waals surface area contributed by atoms with Gasteiger partial charge >= 0.3 is 0 Å². The first kappa shape index (κ1) is 14.1. The van der Waals surface area contributed by atoms with Crippen LogP contribution in [0.15, 0.2) is 22.6 Å². The first-order chi connectivity index (χ1) is 9.95. The molecule has 0 amide bonds. The minimum atomic E-state index is -0.171. The van der Waals surface area contributed by atoms with Crippen molar-refractivity contribution < 1.29 is 4.42 Å². The van der Waals surface area contributed by atoms with Gasteiger partial charge in [-0.1, -0.05) is 6.07 Å². The molecule has 110 valence electrons. The van der Waals surface area contributed by atoms with E-state index < -0.39 is 0 Å². The van der Waals surface area contributed by atoms with Gasteiger partial charge in [-0.05, 0) is 45.4 Å². The van der Waals surface area contributed by atoms with Crippen molar-refractivity contribution in [3.8, 4) is 0 Å². The number of hydrogen-bond donors (Lipinski definition) is 0. The molecular weight excluding hydrogens is 286 g/mol. The van der Waals surface area contributed by atoms with E-state index in [1.54, 1.807) is 0 Å². The maximum atomic E-state index is 6.29. The third-order valence-corrected chi connectivity index (χ3v) is 3.85. The summed E-state index contributed by atoms with van der Waals surface area (Å²) in [5, 5.41) is -0.171. The molecule has 0 fully saturated rings. The Labute approximate surface area is 128 Å². The molecule has 21 heavy (non-hydrogen) atoms. The molecule has 0 aliphatic rings. The number of oxazole rings is 1. The normalized spacial score (nSPS) is 13.0. The van der Waals surface area contributed by atoms with Gasteiger partial charge in [-0.3, -0.25) is 0 Å². The van der Waals surface area contributed by atoms with Gasteiger partial charge in [0, 0.05) is 0 Å². The molecule has 1 unspecified atom stereocenters. The molecule has 0 aliphatic heterocycles. The van der Waals surface area contributed by atoms with Crippen molar-refractivity contribution in [3.05, 3.63) is 46.9 Å². The molecule has 0 spiro atoms. The largest absolute Gasteiger partial charge is 0.444 e. The fourth-order valence-corrected chi connectivity index (χ4v) is 2.64. The summed E-state index contributed by atoms with van der Waals surface area (Å²) in [5.74, 6) is 2.37. The molecule has 5 heteroatoms. The number of halogens is 1. The van der Waals surface area contributed by atoms with E-state index in [0.29, 0.717) is 12.4 Å². The van der Waals surface area contributed by atoms with Gasteiger partial charge in [0.2, 0.25) is 5.89 Å². The Morgan fingerprint density at radius 1 is 1.24 bits per heavy atom. The van der Waals surface area contributed by atoms with Gasteiger partial charge in [0.05, 0.1) is 22.1 Å². The summed E-state index contributed by atoms with van der Waals surface area (Å²) in [6.45, 7) is 8.40. The van der Waals surface area contributed by atoms with Gasteiger partial charge in [-0.2, -0.15) is 0 Å². The lowest BCUT2D eigenvalue weighted by atomic mass is 10.2. The monoisotopic (exact) mass is 303 g/mol. The zero-order valence-corrected chi connectivity index (χ0v) is 13.4. The zero-order chi connectivity index (χ0) is 15.1. The van der Waals surface area contributed by atoms with Crippen molar-refractivity contribution in [2.75, 3.05) is 0 Å². The van der Waals surface area contributed by atoms with Crippen LogP contribution in [0.1, 0.15) is 41.0 Å². The van der Waals surface area contributed by atoms with Crippen molar-refractivity contribution in [2.45, 2.75) is 39.6 Å². The summed E-state index contributed by atoms with van der Waals surface area (Å²) < 4.78 is 7.77. The van der Waals surface area contributed by atoms with Crippen LogP contribution in [-0.2, 0) is 6.54 Å².